The number of fused-ring (bicyclic) bond motifs is 3. The van der Waals surface area contributed by atoms with Crippen molar-refractivity contribution >= 4 is 18.0 Å². The molecule has 3 atom stereocenters. The second-order valence-electron chi connectivity index (χ2n) is 9.26. The molecule has 1 aliphatic carbocycles. The maximum atomic E-state index is 12.9. The third-order valence-electron chi connectivity index (χ3n) is 6.75. The third kappa shape index (κ3) is 6.20. The zero-order valence-corrected chi connectivity index (χ0v) is 21.4. The van der Waals surface area contributed by atoms with E-state index >= 15 is 0 Å². The molecule has 0 saturated heterocycles. The summed E-state index contributed by atoms with van der Waals surface area (Å²) in [6.07, 6.45) is -1.29. The number of hydrogen-bond acceptors (Lipinski definition) is 5. The number of alkyl carbamates (subject to hydrolysis) is 1. The lowest BCUT2D eigenvalue weighted by Crippen LogP contribution is -2.55. The van der Waals surface area contributed by atoms with E-state index in [9.17, 15) is 19.5 Å². The van der Waals surface area contributed by atoms with Crippen molar-refractivity contribution in [1.82, 2.24) is 10.6 Å². The quantitative estimate of drug-likeness (QED) is 0.346. The Labute approximate surface area is 222 Å². The SMILES string of the molecule is CCC(NC(=O)OCC1c2ccccc2-c2ccccc21)C(=O)NC(C(=O)O)C(C)OCc1ccccc1. The minimum absolute atomic E-state index is 0.110. The highest BCUT2D eigenvalue weighted by atomic mass is 16.5. The highest BCUT2D eigenvalue weighted by Gasteiger charge is 2.32. The summed E-state index contributed by atoms with van der Waals surface area (Å²) in [4.78, 5) is 37.4. The molecule has 0 aliphatic heterocycles. The molecule has 0 radical (unpaired) electrons. The van der Waals surface area contributed by atoms with Crippen molar-refractivity contribution in [2.45, 2.75) is 51.0 Å². The smallest absolute Gasteiger partial charge is 0.407 e. The van der Waals surface area contributed by atoms with Crippen LogP contribution in [0.5, 0.6) is 0 Å². The van der Waals surface area contributed by atoms with E-state index < -0.39 is 36.2 Å². The molecule has 198 valence electrons. The molecule has 0 spiro atoms. The highest BCUT2D eigenvalue weighted by molar-refractivity contribution is 5.89. The lowest BCUT2D eigenvalue weighted by molar-refractivity contribution is -0.146. The molecule has 8 heteroatoms. The Morgan fingerprint density at radius 2 is 1.45 bits per heavy atom. The summed E-state index contributed by atoms with van der Waals surface area (Å²) in [5.74, 6) is -1.96. The number of carbonyl (C=O) groups is 3. The van der Waals surface area contributed by atoms with Gasteiger partial charge in [0, 0.05) is 5.92 Å². The largest absolute Gasteiger partial charge is 0.480 e. The van der Waals surface area contributed by atoms with Crippen molar-refractivity contribution in [3.8, 4) is 11.1 Å². The minimum Gasteiger partial charge on any atom is -0.480 e. The molecule has 0 bridgehead atoms. The first kappa shape index (κ1) is 26.9. The molecule has 38 heavy (non-hydrogen) atoms. The fraction of sp³-hybridized carbons (Fsp3) is 0.300. The summed E-state index contributed by atoms with van der Waals surface area (Å²) in [5.41, 5.74) is 5.29. The number of rotatable bonds is 11. The molecule has 3 N–H and O–H groups in total. The van der Waals surface area contributed by atoms with Crippen LogP contribution in [0.2, 0.25) is 0 Å². The highest BCUT2D eigenvalue weighted by Crippen LogP contribution is 2.44. The summed E-state index contributed by atoms with van der Waals surface area (Å²) >= 11 is 0. The van der Waals surface area contributed by atoms with E-state index in [4.69, 9.17) is 9.47 Å². The first-order chi connectivity index (χ1) is 18.4. The van der Waals surface area contributed by atoms with Gasteiger partial charge in [0.25, 0.3) is 0 Å². The van der Waals surface area contributed by atoms with Gasteiger partial charge in [0.05, 0.1) is 12.7 Å². The van der Waals surface area contributed by atoms with Crippen LogP contribution >= 0.6 is 0 Å². The predicted molar refractivity (Wildman–Crippen MR) is 143 cm³/mol. The average Bonchev–Trinajstić information content (AvgIpc) is 3.26. The van der Waals surface area contributed by atoms with Crippen LogP contribution in [0.15, 0.2) is 78.9 Å². The third-order valence-corrected chi connectivity index (χ3v) is 6.75. The van der Waals surface area contributed by atoms with Gasteiger partial charge in [-0.15, -0.1) is 0 Å². The van der Waals surface area contributed by atoms with E-state index in [0.717, 1.165) is 27.8 Å². The van der Waals surface area contributed by atoms with E-state index in [-0.39, 0.29) is 25.6 Å². The van der Waals surface area contributed by atoms with Gasteiger partial charge in [-0.2, -0.15) is 0 Å². The first-order valence-corrected chi connectivity index (χ1v) is 12.7. The van der Waals surface area contributed by atoms with Crippen molar-refractivity contribution < 1.29 is 29.0 Å². The molecule has 0 aromatic heterocycles. The first-order valence-electron chi connectivity index (χ1n) is 12.7. The average molecular weight is 517 g/mol. The van der Waals surface area contributed by atoms with E-state index in [1.807, 2.05) is 66.7 Å². The van der Waals surface area contributed by atoms with Crippen molar-refractivity contribution in [3.63, 3.8) is 0 Å². The normalized spacial score (nSPS) is 14.5. The second kappa shape index (κ2) is 12.4. The maximum Gasteiger partial charge on any atom is 0.407 e. The molecule has 0 saturated carbocycles. The summed E-state index contributed by atoms with van der Waals surface area (Å²) in [5, 5.41) is 14.8. The van der Waals surface area contributed by atoms with Crippen LogP contribution < -0.4 is 10.6 Å². The number of hydrogen-bond donors (Lipinski definition) is 3. The monoisotopic (exact) mass is 516 g/mol. The summed E-state index contributed by atoms with van der Waals surface area (Å²) < 4.78 is 11.2. The van der Waals surface area contributed by atoms with Gasteiger partial charge in [-0.1, -0.05) is 85.8 Å². The molecule has 3 aromatic carbocycles. The van der Waals surface area contributed by atoms with Crippen LogP contribution in [0.1, 0.15) is 42.9 Å². The van der Waals surface area contributed by atoms with Crippen molar-refractivity contribution in [2.75, 3.05) is 6.61 Å². The second-order valence-corrected chi connectivity index (χ2v) is 9.26. The molecule has 2 amide bonds. The van der Waals surface area contributed by atoms with Gasteiger partial charge < -0.3 is 25.2 Å². The predicted octanol–water partition coefficient (Wildman–Crippen LogP) is 4.48. The molecule has 0 heterocycles. The van der Waals surface area contributed by atoms with Crippen LogP contribution in [0.25, 0.3) is 11.1 Å². The zero-order valence-electron chi connectivity index (χ0n) is 21.4. The van der Waals surface area contributed by atoms with Crippen molar-refractivity contribution in [2.24, 2.45) is 0 Å². The molecule has 1 aliphatic rings. The zero-order chi connectivity index (χ0) is 27.1. The van der Waals surface area contributed by atoms with Crippen molar-refractivity contribution in [3.05, 3.63) is 95.6 Å². The van der Waals surface area contributed by atoms with Gasteiger partial charge in [-0.25, -0.2) is 9.59 Å². The fourth-order valence-corrected chi connectivity index (χ4v) is 4.67. The Morgan fingerprint density at radius 3 is 2.03 bits per heavy atom. The van der Waals surface area contributed by atoms with Crippen LogP contribution in [-0.4, -0.2) is 47.9 Å². The summed E-state index contributed by atoms with van der Waals surface area (Å²) in [6, 6.07) is 23.1. The van der Waals surface area contributed by atoms with Crippen molar-refractivity contribution in [1.29, 1.82) is 0 Å². The topological polar surface area (TPSA) is 114 Å². The molecular formula is C30H32N2O6. The Balaban J connectivity index is 1.33. The standard InChI is InChI=1S/C30H32N2O6/c1-3-26(28(33)32-27(29(34)35)19(2)37-17-20-11-5-4-6-12-20)31-30(36)38-18-25-23-15-9-7-13-21(23)22-14-8-10-16-24(22)25/h4-16,19,25-27H,3,17-18H2,1-2H3,(H,31,36)(H,32,33)(H,34,35). The Kier molecular flexibility index (Phi) is 8.76. The van der Waals surface area contributed by atoms with Gasteiger partial charge in [-0.3, -0.25) is 4.79 Å². The Hall–Kier alpha value is -4.17. The van der Waals surface area contributed by atoms with Crippen LogP contribution in [0, 0.1) is 0 Å². The number of ether oxygens (including phenoxy) is 2. The van der Waals surface area contributed by atoms with E-state index in [0.29, 0.717) is 0 Å². The van der Waals surface area contributed by atoms with E-state index in [2.05, 4.69) is 22.8 Å². The number of carboxylic acids is 1. The fourth-order valence-electron chi connectivity index (χ4n) is 4.67. The lowest BCUT2D eigenvalue weighted by Gasteiger charge is -2.25. The number of amides is 2. The Bertz CT molecular complexity index is 1230. The van der Waals surface area contributed by atoms with Gasteiger partial charge in [0.1, 0.15) is 12.6 Å². The molecule has 8 nitrogen and oxygen atoms in total. The van der Waals surface area contributed by atoms with Gasteiger partial charge in [0.2, 0.25) is 5.91 Å². The number of nitrogens with one attached hydrogen (secondary N) is 2. The summed E-state index contributed by atoms with van der Waals surface area (Å²) in [6.45, 7) is 3.62. The molecule has 3 aromatic rings. The number of carbonyl (C=O) groups excluding carboxylic acids is 2. The van der Waals surface area contributed by atoms with Crippen LogP contribution in [-0.2, 0) is 25.7 Å². The van der Waals surface area contributed by atoms with Gasteiger partial charge in [0.15, 0.2) is 6.04 Å². The number of aliphatic carboxylic acids is 1. The van der Waals surface area contributed by atoms with Crippen LogP contribution in [0.4, 0.5) is 4.79 Å². The van der Waals surface area contributed by atoms with Gasteiger partial charge >= 0.3 is 12.1 Å². The van der Waals surface area contributed by atoms with Crippen LogP contribution in [0.3, 0.4) is 0 Å². The number of benzene rings is 3. The maximum absolute atomic E-state index is 12.9. The number of carboxylic acid groups (broad SMARTS) is 1. The van der Waals surface area contributed by atoms with Gasteiger partial charge in [-0.05, 0) is 41.2 Å². The molecule has 0 fully saturated rings. The molecular weight excluding hydrogens is 484 g/mol. The van der Waals surface area contributed by atoms with E-state index in [1.54, 1.807) is 13.8 Å². The lowest BCUT2D eigenvalue weighted by atomic mass is 9.98. The summed E-state index contributed by atoms with van der Waals surface area (Å²) in [7, 11) is 0. The molecule has 3 unspecified atom stereocenters. The minimum atomic E-state index is -1.29. The van der Waals surface area contributed by atoms with E-state index in [1.165, 1.54) is 0 Å². The Morgan fingerprint density at radius 1 is 0.868 bits per heavy atom. The molecule has 4 rings (SSSR count).